The highest BCUT2D eigenvalue weighted by atomic mass is 16.6. The number of carbonyl (C=O) groups excluding carboxylic acids is 3. The van der Waals surface area contributed by atoms with Gasteiger partial charge in [0, 0.05) is 35.4 Å². The van der Waals surface area contributed by atoms with Crippen LogP contribution in [0.3, 0.4) is 0 Å². The number of nitro groups is 1. The summed E-state index contributed by atoms with van der Waals surface area (Å²) in [4.78, 5) is 49.2. The zero-order valence-electron chi connectivity index (χ0n) is 22.1. The molecule has 0 aliphatic rings. The first-order valence-electron chi connectivity index (χ1n) is 12.9. The summed E-state index contributed by atoms with van der Waals surface area (Å²) < 4.78 is 0. The lowest BCUT2D eigenvalue weighted by molar-refractivity contribution is -0.384. The van der Waals surface area contributed by atoms with E-state index in [1.807, 2.05) is 37.3 Å². The van der Waals surface area contributed by atoms with E-state index in [-0.39, 0.29) is 41.7 Å². The van der Waals surface area contributed by atoms with Gasteiger partial charge in [-0.25, -0.2) is 0 Å². The number of nitrogens with zero attached hydrogens (tertiary/aromatic N) is 1. The van der Waals surface area contributed by atoms with Gasteiger partial charge in [0.1, 0.15) is 0 Å². The van der Waals surface area contributed by atoms with Crippen molar-refractivity contribution in [3.05, 3.63) is 135 Å². The number of aryl methyl sites for hydroxylation is 2. The molecule has 4 rings (SSSR count). The maximum atomic E-state index is 13.4. The summed E-state index contributed by atoms with van der Waals surface area (Å²) in [5.74, 6) is -0.759. The third-order valence-corrected chi connectivity index (χ3v) is 6.36. The monoisotopic (exact) mass is 535 g/mol. The van der Waals surface area contributed by atoms with Crippen LogP contribution in [0.1, 0.15) is 45.5 Å². The second kappa shape index (κ2) is 13.1. The number of hydrogen-bond acceptors (Lipinski definition) is 5. The maximum absolute atomic E-state index is 13.4. The summed E-state index contributed by atoms with van der Waals surface area (Å²) in [7, 11) is 0. The van der Waals surface area contributed by atoms with Crippen molar-refractivity contribution < 1.29 is 19.3 Å². The molecular weight excluding hydrogens is 506 g/mol. The van der Waals surface area contributed by atoms with Gasteiger partial charge in [0.15, 0.2) is 5.78 Å². The Balaban J connectivity index is 1.44. The molecule has 0 radical (unpaired) electrons. The number of hydrogen-bond donors (Lipinski definition) is 2. The van der Waals surface area contributed by atoms with E-state index in [1.165, 1.54) is 12.1 Å². The Morgan fingerprint density at radius 3 is 2.12 bits per heavy atom. The summed E-state index contributed by atoms with van der Waals surface area (Å²) in [6.45, 7) is 1.98. The average Bonchev–Trinajstić information content (AvgIpc) is 2.95. The molecule has 0 atom stereocenters. The molecular formula is C32H29N3O5. The summed E-state index contributed by atoms with van der Waals surface area (Å²) in [6.07, 6.45) is 1.53. The summed E-state index contributed by atoms with van der Waals surface area (Å²) >= 11 is 0. The van der Waals surface area contributed by atoms with Gasteiger partial charge >= 0.3 is 0 Å². The molecule has 40 heavy (non-hydrogen) atoms. The molecule has 0 heterocycles. The van der Waals surface area contributed by atoms with Gasteiger partial charge in [0.2, 0.25) is 11.8 Å². The van der Waals surface area contributed by atoms with Crippen LogP contribution in [0.5, 0.6) is 0 Å². The second-order valence-electron chi connectivity index (χ2n) is 9.49. The number of nitrogens with one attached hydrogen (secondary N) is 2. The first-order valence-corrected chi connectivity index (χ1v) is 12.9. The number of carbonyl (C=O) groups is 3. The largest absolute Gasteiger partial charge is 0.326 e. The van der Waals surface area contributed by atoms with E-state index in [1.54, 1.807) is 54.6 Å². The van der Waals surface area contributed by atoms with E-state index in [0.29, 0.717) is 29.8 Å². The van der Waals surface area contributed by atoms with Crippen molar-refractivity contribution in [2.24, 2.45) is 0 Å². The van der Waals surface area contributed by atoms with Crippen LogP contribution in [0.15, 0.2) is 97.1 Å². The first-order chi connectivity index (χ1) is 19.3. The van der Waals surface area contributed by atoms with Crippen LogP contribution in [0.4, 0.5) is 17.1 Å². The Hall–Kier alpha value is -5.11. The standard InChI is InChI=1S/C32H29N3O5/c1-22-10-12-24(13-11-22)20-31(37)34-29-19-16-26(21-28(29)32(38)25-7-3-2-4-8-25)33-30(36)9-5-6-23-14-17-27(18-15-23)35(39)40/h2-4,7-8,10-19,21H,5-6,9,20H2,1H3,(H,33,36)(H,34,37). The average molecular weight is 536 g/mol. The molecule has 0 saturated heterocycles. The van der Waals surface area contributed by atoms with Crippen LogP contribution in [0.2, 0.25) is 0 Å². The van der Waals surface area contributed by atoms with Crippen LogP contribution < -0.4 is 10.6 Å². The smallest absolute Gasteiger partial charge is 0.269 e. The SMILES string of the molecule is Cc1ccc(CC(=O)Nc2ccc(NC(=O)CCCc3ccc([N+](=O)[O-])cc3)cc2C(=O)c2ccccc2)cc1. The van der Waals surface area contributed by atoms with Gasteiger partial charge in [-0.3, -0.25) is 24.5 Å². The lowest BCUT2D eigenvalue weighted by Gasteiger charge is -2.14. The number of anilines is 2. The molecule has 202 valence electrons. The Morgan fingerprint density at radius 1 is 0.775 bits per heavy atom. The summed E-state index contributed by atoms with van der Waals surface area (Å²) in [5.41, 5.74) is 4.42. The highest BCUT2D eigenvalue weighted by Crippen LogP contribution is 2.25. The topological polar surface area (TPSA) is 118 Å². The van der Waals surface area contributed by atoms with Gasteiger partial charge in [0.05, 0.1) is 17.0 Å². The van der Waals surface area contributed by atoms with Crippen molar-refractivity contribution >= 4 is 34.7 Å². The van der Waals surface area contributed by atoms with Crippen molar-refractivity contribution in [1.82, 2.24) is 0 Å². The third-order valence-electron chi connectivity index (χ3n) is 6.36. The molecule has 8 heteroatoms. The fourth-order valence-electron chi connectivity index (χ4n) is 4.21. The second-order valence-corrected chi connectivity index (χ2v) is 9.49. The van der Waals surface area contributed by atoms with Crippen LogP contribution in [-0.2, 0) is 22.4 Å². The van der Waals surface area contributed by atoms with Crippen LogP contribution in [0, 0.1) is 17.0 Å². The maximum Gasteiger partial charge on any atom is 0.269 e. The Bertz CT molecular complexity index is 1510. The molecule has 0 bridgehead atoms. The lowest BCUT2D eigenvalue weighted by Crippen LogP contribution is -2.18. The number of non-ortho nitro benzene ring substituents is 1. The minimum atomic E-state index is -0.450. The first kappa shape index (κ1) is 27.9. The summed E-state index contributed by atoms with van der Waals surface area (Å²) in [6, 6.07) is 27.5. The molecule has 0 spiro atoms. The lowest BCUT2D eigenvalue weighted by atomic mass is 10.0. The molecule has 8 nitrogen and oxygen atoms in total. The predicted molar refractivity (Wildman–Crippen MR) is 154 cm³/mol. The molecule has 4 aromatic rings. The zero-order valence-corrected chi connectivity index (χ0v) is 22.1. The molecule has 4 aromatic carbocycles. The highest BCUT2D eigenvalue weighted by molar-refractivity contribution is 6.14. The molecule has 2 amide bonds. The Kier molecular flexibility index (Phi) is 9.15. The normalized spacial score (nSPS) is 10.5. The van der Waals surface area contributed by atoms with Gasteiger partial charge < -0.3 is 10.6 Å². The molecule has 0 unspecified atom stereocenters. The van der Waals surface area contributed by atoms with Crippen molar-refractivity contribution in [2.75, 3.05) is 10.6 Å². The van der Waals surface area contributed by atoms with Gasteiger partial charge in [-0.1, -0.05) is 72.3 Å². The number of ketones is 1. The quantitative estimate of drug-likeness (QED) is 0.133. The van der Waals surface area contributed by atoms with Crippen molar-refractivity contribution in [3.8, 4) is 0 Å². The number of rotatable bonds is 11. The molecule has 0 saturated carbocycles. The van der Waals surface area contributed by atoms with E-state index in [9.17, 15) is 24.5 Å². The van der Waals surface area contributed by atoms with E-state index >= 15 is 0 Å². The summed E-state index contributed by atoms with van der Waals surface area (Å²) in [5, 5.41) is 16.5. The molecule has 2 N–H and O–H groups in total. The van der Waals surface area contributed by atoms with Crippen molar-refractivity contribution in [2.45, 2.75) is 32.6 Å². The number of benzene rings is 4. The molecule has 0 aliphatic carbocycles. The fourth-order valence-corrected chi connectivity index (χ4v) is 4.21. The van der Waals surface area contributed by atoms with E-state index in [4.69, 9.17) is 0 Å². The molecule has 0 aromatic heterocycles. The zero-order chi connectivity index (χ0) is 28.5. The van der Waals surface area contributed by atoms with E-state index in [0.717, 1.165) is 16.7 Å². The van der Waals surface area contributed by atoms with Crippen molar-refractivity contribution in [1.29, 1.82) is 0 Å². The predicted octanol–water partition coefficient (Wildman–Crippen LogP) is 6.28. The van der Waals surface area contributed by atoms with Gasteiger partial charge in [-0.15, -0.1) is 0 Å². The minimum absolute atomic E-state index is 0.0251. The van der Waals surface area contributed by atoms with Crippen LogP contribution in [0.25, 0.3) is 0 Å². The van der Waals surface area contributed by atoms with Gasteiger partial charge in [-0.2, -0.15) is 0 Å². The number of nitro benzene ring substituents is 1. The Morgan fingerprint density at radius 2 is 1.45 bits per heavy atom. The molecule has 0 aliphatic heterocycles. The van der Waals surface area contributed by atoms with Gasteiger partial charge in [-0.05, 0) is 49.1 Å². The van der Waals surface area contributed by atoms with Crippen LogP contribution >= 0.6 is 0 Å². The van der Waals surface area contributed by atoms with Gasteiger partial charge in [0.25, 0.3) is 5.69 Å². The molecule has 0 fully saturated rings. The minimum Gasteiger partial charge on any atom is -0.326 e. The van der Waals surface area contributed by atoms with E-state index < -0.39 is 4.92 Å². The number of amides is 2. The van der Waals surface area contributed by atoms with Crippen molar-refractivity contribution in [3.63, 3.8) is 0 Å². The van der Waals surface area contributed by atoms with Crippen LogP contribution in [-0.4, -0.2) is 22.5 Å². The highest BCUT2D eigenvalue weighted by Gasteiger charge is 2.17. The third kappa shape index (κ3) is 7.70. The Labute approximate surface area is 232 Å². The fraction of sp³-hybridized carbons (Fsp3) is 0.156. The van der Waals surface area contributed by atoms with E-state index in [2.05, 4.69) is 10.6 Å².